The van der Waals surface area contributed by atoms with Crippen LogP contribution in [0.5, 0.6) is 5.75 Å². The number of amides is 2. The Morgan fingerprint density at radius 1 is 0.844 bits per heavy atom. The first-order valence-electron chi connectivity index (χ1n) is 12.6. The quantitative estimate of drug-likeness (QED) is 0.0871. The molecule has 0 aliphatic carbocycles. The number of anilines is 1. The van der Waals surface area contributed by atoms with Crippen LogP contribution in [-0.2, 0) is 0 Å². The smallest absolute Gasteiger partial charge is 0.319 e. The van der Waals surface area contributed by atoms with E-state index >= 15 is 0 Å². The highest BCUT2D eigenvalue weighted by atomic mass is 16.6. The van der Waals surface area contributed by atoms with Crippen molar-refractivity contribution in [2.75, 3.05) is 11.9 Å². The highest BCUT2D eigenvalue weighted by Gasteiger charge is 2.16. The number of nitrogens with one attached hydrogen (secondary N) is 2. The number of rotatable bonds is 19. The van der Waals surface area contributed by atoms with Crippen LogP contribution in [0.2, 0.25) is 0 Å². The molecule has 0 heterocycles. The zero-order valence-corrected chi connectivity index (χ0v) is 19.9. The molecule has 1 aromatic carbocycles. The molecule has 0 spiro atoms. The number of nitrogens with zero attached hydrogens (tertiary/aromatic N) is 1. The fraction of sp³-hybridized carbons (Fsp3) is 0.720. The monoisotopic (exact) mass is 449 g/mol. The van der Waals surface area contributed by atoms with E-state index in [1.165, 1.54) is 102 Å². The fourth-order valence-corrected chi connectivity index (χ4v) is 3.82. The highest BCUT2D eigenvalue weighted by Crippen LogP contribution is 2.28. The number of urea groups is 1. The number of nitro benzene ring substituents is 1. The van der Waals surface area contributed by atoms with Gasteiger partial charge in [-0.1, -0.05) is 103 Å². The summed E-state index contributed by atoms with van der Waals surface area (Å²) in [6.45, 7) is 2.80. The lowest BCUT2D eigenvalue weighted by Crippen LogP contribution is -2.29. The zero-order chi connectivity index (χ0) is 23.4. The Morgan fingerprint density at radius 3 is 1.78 bits per heavy atom. The molecule has 0 unspecified atom stereocenters. The molecule has 0 fully saturated rings. The van der Waals surface area contributed by atoms with E-state index in [2.05, 4.69) is 17.6 Å². The van der Waals surface area contributed by atoms with Gasteiger partial charge in [0.25, 0.3) is 5.69 Å². The lowest BCUT2D eigenvalue weighted by atomic mass is 10.0. The van der Waals surface area contributed by atoms with Crippen LogP contribution in [0, 0.1) is 10.1 Å². The molecule has 0 radical (unpaired) electrons. The average molecular weight is 450 g/mol. The molecule has 3 N–H and O–H groups in total. The molecule has 0 aromatic heterocycles. The second-order valence-corrected chi connectivity index (χ2v) is 8.64. The van der Waals surface area contributed by atoms with Gasteiger partial charge in [0.15, 0.2) is 0 Å². The molecule has 0 atom stereocenters. The van der Waals surface area contributed by atoms with Crippen LogP contribution in [-0.4, -0.2) is 22.6 Å². The van der Waals surface area contributed by atoms with E-state index in [1.54, 1.807) is 0 Å². The second-order valence-electron chi connectivity index (χ2n) is 8.64. The standard InChI is InChI=1S/C25H43N3O4/c1-2-3-4-5-6-7-8-9-10-11-12-13-14-15-16-17-20-26-25(30)27-23-19-18-22(29)21-24(23)28(31)32/h18-19,21,29H,2-17,20H2,1H3,(H2,26,27,30). The summed E-state index contributed by atoms with van der Waals surface area (Å²) >= 11 is 0. The van der Waals surface area contributed by atoms with E-state index < -0.39 is 11.0 Å². The van der Waals surface area contributed by atoms with Gasteiger partial charge in [-0.3, -0.25) is 10.1 Å². The molecule has 0 saturated carbocycles. The van der Waals surface area contributed by atoms with Crippen molar-refractivity contribution in [3.63, 3.8) is 0 Å². The summed E-state index contributed by atoms with van der Waals surface area (Å²) < 4.78 is 0. The minimum Gasteiger partial charge on any atom is -0.508 e. The van der Waals surface area contributed by atoms with Crippen molar-refractivity contribution >= 4 is 17.4 Å². The summed E-state index contributed by atoms with van der Waals surface area (Å²) in [4.78, 5) is 22.3. The first-order chi connectivity index (χ1) is 15.5. The molecule has 7 heteroatoms. The summed E-state index contributed by atoms with van der Waals surface area (Å²) in [6.07, 6.45) is 20.8. The van der Waals surface area contributed by atoms with Gasteiger partial charge in [-0.15, -0.1) is 0 Å². The lowest BCUT2D eigenvalue weighted by molar-refractivity contribution is -0.384. The van der Waals surface area contributed by atoms with Gasteiger partial charge < -0.3 is 15.7 Å². The SMILES string of the molecule is CCCCCCCCCCCCCCCCCCNC(=O)Nc1ccc(O)cc1[N+](=O)[O-]. The van der Waals surface area contributed by atoms with Crippen LogP contribution in [0.3, 0.4) is 0 Å². The first-order valence-corrected chi connectivity index (χ1v) is 12.6. The van der Waals surface area contributed by atoms with E-state index in [0.717, 1.165) is 18.9 Å². The fourth-order valence-electron chi connectivity index (χ4n) is 3.82. The summed E-state index contributed by atoms with van der Waals surface area (Å²) in [5.41, 5.74) is -0.264. The largest absolute Gasteiger partial charge is 0.508 e. The Morgan fingerprint density at radius 2 is 1.31 bits per heavy atom. The Kier molecular flexibility index (Phi) is 15.8. The molecule has 2 amide bonds. The van der Waals surface area contributed by atoms with Crippen molar-refractivity contribution < 1.29 is 14.8 Å². The Balaban J connectivity index is 1.92. The Bertz CT molecular complexity index is 652. The maximum Gasteiger partial charge on any atom is 0.319 e. The van der Waals surface area contributed by atoms with Crippen LogP contribution in [0.15, 0.2) is 18.2 Å². The third-order valence-corrected chi connectivity index (χ3v) is 5.74. The van der Waals surface area contributed by atoms with E-state index in [9.17, 15) is 20.0 Å². The van der Waals surface area contributed by atoms with Gasteiger partial charge in [0, 0.05) is 6.54 Å². The molecular formula is C25H43N3O4. The third kappa shape index (κ3) is 13.9. The van der Waals surface area contributed by atoms with Crippen molar-refractivity contribution in [2.45, 2.75) is 110 Å². The molecule has 1 rings (SSSR count). The summed E-state index contributed by atoms with van der Waals surface area (Å²) in [7, 11) is 0. The summed E-state index contributed by atoms with van der Waals surface area (Å²) in [5.74, 6) is -0.212. The number of phenolic OH excluding ortho intramolecular Hbond substituents is 1. The van der Waals surface area contributed by atoms with Crippen LogP contribution >= 0.6 is 0 Å². The van der Waals surface area contributed by atoms with Gasteiger partial charge in [-0.25, -0.2) is 4.79 Å². The van der Waals surface area contributed by atoms with Crippen molar-refractivity contribution in [1.29, 1.82) is 0 Å². The van der Waals surface area contributed by atoms with Crippen molar-refractivity contribution in [1.82, 2.24) is 5.32 Å². The number of aromatic hydroxyl groups is 1. The third-order valence-electron chi connectivity index (χ3n) is 5.74. The number of phenols is 1. The molecule has 32 heavy (non-hydrogen) atoms. The topological polar surface area (TPSA) is 104 Å². The van der Waals surface area contributed by atoms with Crippen LogP contribution in [0.4, 0.5) is 16.2 Å². The maximum absolute atomic E-state index is 11.9. The second kappa shape index (κ2) is 18.3. The van der Waals surface area contributed by atoms with E-state index in [-0.39, 0.29) is 17.1 Å². The predicted molar refractivity (Wildman–Crippen MR) is 131 cm³/mol. The maximum atomic E-state index is 11.9. The van der Waals surface area contributed by atoms with Gasteiger partial charge in [0.1, 0.15) is 11.4 Å². The Hall–Kier alpha value is -2.31. The van der Waals surface area contributed by atoms with Crippen molar-refractivity contribution in [2.24, 2.45) is 0 Å². The molecule has 0 aliphatic heterocycles. The molecular weight excluding hydrogens is 406 g/mol. The minimum absolute atomic E-state index is 0.0669. The number of hydrogen-bond donors (Lipinski definition) is 3. The summed E-state index contributed by atoms with van der Waals surface area (Å²) in [6, 6.07) is 3.17. The number of carbonyl (C=O) groups excluding carboxylic acids is 1. The average Bonchev–Trinajstić information content (AvgIpc) is 2.77. The number of benzene rings is 1. The normalized spacial score (nSPS) is 10.8. The minimum atomic E-state index is -0.634. The first kappa shape index (κ1) is 27.7. The number of nitro groups is 1. The van der Waals surface area contributed by atoms with Gasteiger partial charge in [0.05, 0.1) is 11.0 Å². The van der Waals surface area contributed by atoms with Gasteiger partial charge in [-0.05, 0) is 18.6 Å². The van der Waals surface area contributed by atoms with E-state index in [4.69, 9.17) is 0 Å². The number of carbonyl (C=O) groups is 1. The van der Waals surface area contributed by atoms with Crippen LogP contribution in [0.25, 0.3) is 0 Å². The zero-order valence-electron chi connectivity index (χ0n) is 19.9. The predicted octanol–water partition coefficient (Wildman–Crippen LogP) is 7.68. The van der Waals surface area contributed by atoms with Gasteiger partial charge >= 0.3 is 6.03 Å². The molecule has 7 nitrogen and oxygen atoms in total. The number of unbranched alkanes of at least 4 members (excludes halogenated alkanes) is 15. The summed E-state index contributed by atoms with van der Waals surface area (Å²) in [5, 5.41) is 25.6. The Labute approximate surface area is 193 Å². The van der Waals surface area contributed by atoms with Crippen molar-refractivity contribution in [3.8, 4) is 5.75 Å². The lowest BCUT2D eigenvalue weighted by Gasteiger charge is -2.08. The van der Waals surface area contributed by atoms with Crippen LogP contribution in [0.1, 0.15) is 110 Å². The van der Waals surface area contributed by atoms with Crippen molar-refractivity contribution in [3.05, 3.63) is 28.3 Å². The molecule has 1 aromatic rings. The molecule has 182 valence electrons. The molecule has 0 saturated heterocycles. The number of hydrogen-bond acceptors (Lipinski definition) is 4. The van der Waals surface area contributed by atoms with Gasteiger partial charge in [-0.2, -0.15) is 0 Å². The highest BCUT2D eigenvalue weighted by molar-refractivity contribution is 5.91. The molecule has 0 aliphatic rings. The van der Waals surface area contributed by atoms with E-state index in [0.29, 0.717) is 6.54 Å². The van der Waals surface area contributed by atoms with Gasteiger partial charge in [0.2, 0.25) is 0 Å². The molecule has 0 bridgehead atoms. The van der Waals surface area contributed by atoms with Crippen LogP contribution < -0.4 is 10.6 Å². The van der Waals surface area contributed by atoms with E-state index in [1.807, 2.05) is 0 Å².